The largest absolute Gasteiger partial charge is 0.319 e. The number of thiazole rings is 1. The SMILES string of the molecule is Cc1nc(C)c(C(=O)Nc2ccccc2F)s1. The van der Waals surface area contributed by atoms with E-state index in [1.807, 2.05) is 6.92 Å². The van der Waals surface area contributed by atoms with Gasteiger partial charge in [-0.05, 0) is 26.0 Å². The van der Waals surface area contributed by atoms with Crippen molar-refractivity contribution in [3.05, 3.63) is 45.7 Å². The van der Waals surface area contributed by atoms with Crippen molar-refractivity contribution in [2.45, 2.75) is 13.8 Å². The molecule has 0 saturated heterocycles. The lowest BCUT2D eigenvalue weighted by atomic mass is 10.3. The lowest BCUT2D eigenvalue weighted by Gasteiger charge is -2.04. The maximum Gasteiger partial charge on any atom is 0.267 e. The van der Waals surface area contributed by atoms with Crippen LogP contribution in [0.5, 0.6) is 0 Å². The molecule has 17 heavy (non-hydrogen) atoms. The second-order valence-corrected chi connectivity index (χ2v) is 4.78. The van der Waals surface area contributed by atoms with Crippen LogP contribution in [0.1, 0.15) is 20.4 Å². The van der Waals surface area contributed by atoms with E-state index in [-0.39, 0.29) is 11.6 Å². The molecule has 1 heterocycles. The fourth-order valence-electron chi connectivity index (χ4n) is 1.48. The zero-order valence-corrected chi connectivity index (χ0v) is 10.3. The highest BCUT2D eigenvalue weighted by atomic mass is 32.1. The molecule has 1 aromatic heterocycles. The third kappa shape index (κ3) is 2.50. The lowest BCUT2D eigenvalue weighted by Crippen LogP contribution is -2.12. The van der Waals surface area contributed by atoms with Gasteiger partial charge in [-0.15, -0.1) is 11.3 Å². The van der Waals surface area contributed by atoms with Crippen molar-refractivity contribution in [3.63, 3.8) is 0 Å². The number of carbonyl (C=O) groups is 1. The first-order valence-corrected chi connectivity index (χ1v) is 5.89. The van der Waals surface area contributed by atoms with Crippen LogP contribution in [-0.4, -0.2) is 10.9 Å². The van der Waals surface area contributed by atoms with E-state index >= 15 is 0 Å². The van der Waals surface area contributed by atoms with Gasteiger partial charge in [-0.1, -0.05) is 12.1 Å². The Hall–Kier alpha value is -1.75. The molecule has 0 bridgehead atoms. The van der Waals surface area contributed by atoms with E-state index in [4.69, 9.17) is 0 Å². The van der Waals surface area contributed by atoms with Crippen LogP contribution >= 0.6 is 11.3 Å². The molecule has 0 aliphatic rings. The topological polar surface area (TPSA) is 42.0 Å². The summed E-state index contributed by atoms with van der Waals surface area (Å²) in [6.07, 6.45) is 0. The number of hydrogen-bond donors (Lipinski definition) is 1. The van der Waals surface area contributed by atoms with Crippen molar-refractivity contribution in [1.29, 1.82) is 0 Å². The third-order valence-electron chi connectivity index (χ3n) is 2.23. The highest BCUT2D eigenvalue weighted by Crippen LogP contribution is 2.20. The number of nitrogens with zero attached hydrogens (tertiary/aromatic N) is 1. The van der Waals surface area contributed by atoms with Gasteiger partial charge in [0, 0.05) is 0 Å². The zero-order chi connectivity index (χ0) is 12.4. The van der Waals surface area contributed by atoms with Gasteiger partial charge in [0.15, 0.2) is 0 Å². The van der Waals surface area contributed by atoms with Crippen molar-refractivity contribution >= 4 is 22.9 Å². The van der Waals surface area contributed by atoms with Crippen molar-refractivity contribution in [2.75, 3.05) is 5.32 Å². The number of aromatic nitrogens is 1. The minimum absolute atomic E-state index is 0.183. The highest BCUT2D eigenvalue weighted by molar-refractivity contribution is 7.13. The van der Waals surface area contributed by atoms with Gasteiger partial charge in [-0.2, -0.15) is 0 Å². The molecular weight excluding hydrogens is 239 g/mol. The van der Waals surface area contributed by atoms with Gasteiger partial charge in [0.05, 0.1) is 16.4 Å². The first-order valence-electron chi connectivity index (χ1n) is 5.08. The molecule has 0 unspecified atom stereocenters. The number of hydrogen-bond acceptors (Lipinski definition) is 3. The maximum atomic E-state index is 13.3. The van der Waals surface area contributed by atoms with Crippen LogP contribution < -0.4 is 5.32 Å². The van der Waals surface area contributed by atoms with Crippen LogP contribution in [0.15, 0.2) is 24.3 Å². The van der Waals surface area contributed by atoms with Crippen LogP contribution in [0.4, 0.5) is 10.1 Å². The van der Waals surface area contributed by atoms with Crippen molar-refractivity contribution in [3.8, 4) is 0 Å². The summed E-state index contributed by atoms with van der Waals surface area (Å²) in [6.45, 7) is 3.59. The molecule has 2 aromatic rings. The molecule has 0 aliphatic heterocycles. The summed E-state index contributed by atoms with van der Waals surface area (Å²) in [5.41, 5.74) is 0.851. The number of amides is 1. The molecule has 5 heteroatoms. The second kappa shape index (κ2) is 4.63. The third-order valence-corrected chi connectivity index (χ3v) is 3.30. The minimum atomic E-state index is -0.445. The molecule has 2 rings (SSSR count). The molecule has 0 aliphatic carbocycles. The average molecular weight is 250 g/mol. The summed E-state index contributed by atoms with van der Waals surface area (Å²) < 4.78 is 13.3. The Bertz CT molecular complexity index is 565. The van der Waals surface area contributed by atoms with Gasteiger partial charge < -0.3 is 5.32 Å². The zero-order valence-electron chi connectivity index (χ0n) is 9.45. The number of carbonyl (C=O) groups excluding carboxylic acids is 1. The number of halogens is 1. The van der Waals surface area contributed by atoms with Crippen molar-refractivity contribution < 1.29 is 9.18 Å². The molecule has 0 saturated carbocycles. The Labute approximate surface area is 102 Å². The Morgan fingerprint density at radius 3 is 2.65 bits per heavy atom. The summed E-state index contributed by atoms with van der Waals surface area (Å²) in [4.78, 5) is 16.6. The van der Waals surface area contributed by atoms with E-state index in [0.29, 0.717) is 10.6 Å². The Morgan fingerprint density at radius 1 is 1.35 bits per heavy atom. The van der Waals surface area contributed by atoms with E-state index < -0.39 is 5.82 Å². The van der Waals surface area contributed by atoms with Gasteiger partial charge in [0.1, 0.15) is 10.7 Å². The Balaban J connectivity index is 2.23. The summed E-state index contributed by atoms with van der Waals surface area (Å²) in [6, 6.07) is 6.08. The fourth-order valence-corrected chi connectivity index (χ4v) is 2.30. The van der Waals surface area contributed by atoms with Gasteiger partial charge in [-0.25, -0.2) is 9.37 Å². The first-order chi connectivity index (χ1) is 8.08. The van der Waals surface area contributed by atoms with E-state index in [1.54, 1.807) is 19.1 Å². The maximum absolute atomic E-state index is 13.3. The summed E-state index contributed by atoms with van der Waals surface area (Å²) in [5.74, 6) is -0.766. The number of rotatable bonds is 2. The summed E-state index contributed by atoms with van der Waals surface area (Å²) in [7, 11) is 0. The fraction of sp³-hybridized carbons (Fsp3) is 0.167. The minimum Gasteiger partial charge on any atom is -0.319 e. The van der Waals surface area contributed by atoms with Gasteiger partial charge in [0.25, 0.3) is 5.91 Å². The number of nitrogens with one attached hydrogen (secondary N) is 1. The number of aryl methyl sites for hydroxylation is 2. The lowest BCUT2D eigenvalue weighted by molar-refractivity contribution is 0.102. The van der Waals surface area contributed by atoms with Crippen LogP contribution in [0.3, 0.4) is 0 Å². The molecule has 3 nitrogen and oxygen atoms in total. The van der Waals surface area contributed by atoms with E-state index in [2.05, 4.69) is 10.3 Å². The molecular formula is C12H11FN2OS. The predicted octanol–water partition coefficient (Wildman–Crippen LogP) is 3.15. The van der Waals surface area contributed by atoms with E-state index in [1.165, 1.54) is 23.5 Å². The Morgan fingerprint density at radius 2 is 2.06 bits per heavy atom. The number of para-hydroxylation sites is 1. The number of benzene rings is 1. The Kier molecular flexibility index (Phi) is 3.19. The standard InChI is InChI=1S/C12H11FN2OS/c1-7-11(17-8(2)14-7)12(16)15-10-6-4-3-5-9(10)13/h3-6H,1-2H3,(H,15,16). The second-order valence-electron chi connectivity index (χ2n) is 3.58. The summed E-state index contributed by atoms with van der Waals surface area (Å²) in [5, 5.41) is 3.36. The highest BCUT2D eigenvalue weighted by Gasteiger charge is 2.14. The van der Waals surface area contributed by atoms with E-state index in [0.717, 1.165) is 5.01 Å². The van der Waals surface area contributed by atoms with Gasteiger partial charge in [0.2, 0.25) is 0 Å². The molecule has 0 radical (unpaired) electrons. The molecule has 0 spiro atoms. The summed E-state index contributed by atoms with van der Waals surface area (Å²) >= 11 is 1.30. The molecule has 1 amide bonds. The van der Waals surface area contributed by atoms with Crippen molar-refractivity contribution in [1.82, 2.24) is 4.98 Å². The number of anilines is 1. The molecule has 88 valence electrons. The molecule has 0 fully saturated rings. The molecule has 0 atom stereocenters. The molecule has 1 N–H and O–H groups in total. The van der Waals surface area contributed by atoms with Crippen molar-refractivity contribution in [2.24, 2.45) is 0 Å². The molecule has 1 aromatic carbocycles. The van der Waals surface area contributed by atoms with Crippen LogP contribution in [0, 0.1) is 19.7 Å². The quantitative estimate of drug-likeness (QED) is 0.889. The first kappa shape index (κ1) is 11.7. The van der Waals surface area contributed by atoms with Gasteiger partial charge in [-0.3, -0.25) is 4.79 Å². The van der Waals surface area contributed by atoms with E-state index in [9.17, 15) is 9.18 Å². The van der Waals surface area contributed by atoms with Crippen LogP contribution in [0.2, 0.25) is 0 Å². The smallest absolute Gasteiger partial charge is 0.267 e. The monoisotopic (exact) mass is 250 g/mol. The predicted molar refractivity (Wildman–Crippen MR) is 65.9 cm³/mol. The normalized spacial score (nSPS) is 10.3. The average Bonchev–Trinajstić information content (AvgIpc) is 2.61. The van der Waals surface area contributed by atoms with Crippen LogP contribution in [-0.2, 0) is 0 Å². The van der Waals surface area contributed by atoms with Crippen LogP contribution in [0.25, 0.3) is 0 Å². The van der Waals surface area contributed by atoms with Gasteiger partial charge >= 0.3 is 0 Å².